The highest BCUT2D eigenvalue weighted by Gasteiger charge is 2.26. The van der Waals surface area contributed by atoms with Gasteiger partial charge in [0.05, 0.1) is 4.47 Å². The van der Waals surface area contributed by atoms with E-state index in [4.69, 9.17) is 16.3 Å². The van der Waals surface area contributed by atoms with E-state index in [2.05, 4.69) is 39.7 Å². The summed E-state index contributed by atoms with van der Waals surface area (Å²) in [4.78, 5) is 7.99. The van der Waals surface area contributed by atoms with Gasteiger partial charge in [0.25, 0.3) is 0 Å². The minimum Gasteiger partial charge on any atom is -0.473 e. The summed E-state index contributed by atoms with van der Waals surface area (Å²) in [6, 6.07) is 0. The Morgan fingerprint density at radius 3 is 2.59 bits per heavy atom. The first-order valence-corrected chi connectivity index (χ1v) is 7.06. The largest absolute Gasteiger partial charge is 0.473 e. The van der Waals surface area contributed by atoms with E-state index in [-0.39, 0.29) is 11.4 Å². The molecule has 17 heavy (non-hydrogen) atoms. The molecule has 0 radical (unpaired) electrons. The number of hydrogen-bond acceptors (Lipinski definition) is 3. The molecule has 1 saturated carbocycles. The van der Waals surface area contributed by atoms with Crippen molar-refractivity contribution in [1.29, 1.82) is 0 Å². The molecule has 1 aliphatic carbocycles. The number of halogens is 2. The minimum absolute atomic E-state index is 0.222. The highest BCUT2D eigenvalue weighted by Crippen LogP contribution is 2.32. The average Bonchev–Trinajstić information content (AvgIpc) is 2.22. The molecule has 2 atom stereocenters. The first kappa shape index (κ1) is 13.1. The monoisotopic (exact) mass is 318 g/mol. The van der Waals surface area contributed by atoms with Gasteiger partial charge in [-0.15, -0.1) is 0 Å². The van der Waals surface area contributed by atoms with Gasteiger partial charge in [-0.25, -0.2) is 4.98 Å². The summed E-state index contributed by atoms with van der Waals surface area (Å²) in [5, 5.41) is 0.222. The zero-order valence-electron chi connectivity index (χ0n) is 9.99. The fourth-order valence-corrected chi connectivity index (χ4v) is 2.95. The Kier molecular flexibility index (Phi) is 4.26. The number of aromatic nitrogens is 2. The van der Waals surface area contributed by atoms with E-state index in [0.29, 0.717) is 17.7 Å². The minimum atomic E-state index is 0.222. The van der Waals surface area contributed by atoms with Gasteiger partial charge < -0.3 is 4.74 Å². The van der Waals surface area contributed by atoms with Gasteiger partial charge in [-0.05, 0) is 58.6 Å². The topological polar surface area (TPSA) is 35.0 Å². The van der Waals surface area contributed by atoms with Crippen molar-refractivity contribution in [3.8, 4) is 5.88 Å². The van der Waals surface area contributed by atoms with E-state index in [1.54, 1.807) is 6.20 Å². The first-order chi connectivity index (χ1) is 8.04. The molecular formula is C12H16BrClN2O. The third-order valence-corrected chi connectivity index (χ3v) is 3.82. The Morgan fingerprint density at radius 2 is 1.94 bits per heavy atom. The van der Waals surface area contributed by atoms with Crippen molar-refractivity contribution in [3.63, 3.8) is 0 Å². The van der Waals surface area contributed by atoms with Crippen molar-refractivity contribution < 1.29 is 4.74 Å². The van der Waals surface area contributed by atoms with Gasteiger partial charge >= 0.3 is 0 Å². The predicted molar refractivity (Wildman–Crippen MR) is 71.3 cm³/mol. The molecule has 1 fully saturated rings. The Balaban J connectivity index is 2.07. The van der Waals surface area contributed by atoms with Gasteiger partial charge in [-0.3, -0.25) is 0 Å². The van der Waals surface area contributed by atoms with Crippen LogP contribution < -0.4 is 4.74 Å². The normalized spacial score (nSPS) is 29.1. The van der Waals surface area contributed by atoms with Crippen molar-refractivity contribution in [2.45, 2.75) is 39.2 Å². The second-order valence-electron chi connectivity index (χ2n) is 4.95. The predicted octanol–water partition coefficient (Wildman–Crippen LogP) is 4.10. The summed E-state index contributed by atoms with van der Waals surface area (Å²) >= 11 is 9.15. The third kappa shape index (κ3) is 3.55. The van der Waals surface area contributed by atoms with Crippen LogP contribution in [0.4, 0.5) is 0 Å². The van der Waals surface area contributed by atoms with E-state index in [9.17, 15) is 0 Å². The van der Waals surface area contributed by atoms with Gasteiger partial charge in [-0.1, -0.05) is 13.8 Å². The molecule has 2 unspecified atom stereocenters. The van der Waals surface area contributed by atoms with E-state index in [1.165, 1.54) is 6.42 Å². The second-order valence-corrected chi connectivity index (χ2v) is 6.14. The third-order valence-electron chi connectivity index (χ3n) is 3.10. The molecule has 0 N–H and O–H groups in total. The Morgan fingerprint density at radius 1 is 1.29 bits per heavy atom. The van der Waals surface area contributed by atoms with Crippen LogP contribution in [0.15, 0.2) is 10.7 Å². The Labute approximate surface area is 115 Å². The van der Waals surface area contributed by atoms with Gasteiger partial charge in [0.1, 0.15) is 6.10 Å². The molecular weight excluding hydrogens is 304 g/mol. The van der Waals surface area contributed by atoms with Gasteiger partial charge in [0, 0.05) is 6.20 Å². The van der Waals surface area contributed by atoms with E-state index < -0.39 is 0 Å². The fourth-order valence-electron chi connectivity index (χ4n) is 2.54. The van der Waals surface area contributed by atoms with Crippen LogP contribution in [0.3, 0.4) is 0 Å². The first-order valence-electron chi connectivity index (χ1n) is 5.89. The zero-order chi connectivity index (χ0) is 12.4. The molecule has 0 amide bonds. The lowest BCUT2D eigenvalue weighted by Crippen LogP contribution is -2.28. The standard InChI is InChI=1S/C12H16BrClN2O/c1-7-3-8(2)5-9(4-7)17-11-10(13)6-15-12(14)16-11/h6-9H,3-5H2,1-2H3. The van der Waals surface area contributed by atoms with Crippen molar-refractivity contribution in [2.24, 2.45) is 11.8 Å². The smallest absolute Gasteiger partial charge is 0.232 e. The van der Waals surface area contributed by atoms with Crippen molar-refractivity contribution in [3.05, 3.63) is 16.0 Å². The van der Waals surface area contributed by atoms with Crippen molar-refractivity contribution >= 4 is 27.5 Å². The van der Waals surface area contributed by atoms with Crippen LogP contribution in [0.5, 0.6) is 5.88 Å². The van der Waals surface area contributed by atoms with Crippen molar-refractivity contribution in [1.82, 2.24) is 9.97 Å². The van der Waals surface area contributed by atoms with Gasteiger partial charge in [-0.2, -0.15) is 4.98 Å². The van der Waals surface area contributed by atoms with E-state index >= 15 is 0 Å². The Bertz CT molecular complexity index is 392. The summed E-state index contributed by atoms with van der Waals surface area (Å²) in [6.45, 7) is 4.54. The van der Waals surface area contributed by atoms with Crippen LogP contribution in [0.1, 0.15) is 33.1 Å². The summed E-state index contributed by atoms with van der Waals surface area (Å²) < 4.78 is 6.68. The average molecular weight is 320 g/mol. The summed E-state index contributed by atoms with van der Waals surface area (Å²) in [5.41, 5.74) is 0. The molecule has 5 heteroatoms. The van der Waals surface area contributed by atoms with Crippen LogP contribution in [0.2, 0.25) is 5.28 Å². The number of hydrogen-bond donors (Lipinski definition) is 0. The second kappa shape index (κ2) is 5.53. The SMILES string of the molecule is CC1CC(C)CC(Oc2nc(Cl)ncc2Br)C1. The van der Waals surface area contributed by atoms with Crippen LogP contribution >= 0.6 is 27.5 Å². The van der Waals surface area contributed by atoms with Crippen LogP contribution in [-0.2, 0) is 0 Å². The van der Waals surface area contributed by atoms with Gasteiger partial charge in [0.15, 0.2) is 0 Å². The number of rotatable bonds is 2. The molecule has 0 saturated heterocycles. The highest BCUT2D eigenvalue weighted by atomic mass is 79.9. The van der Waals surface area contributed by atoms with Crippen LogP contribution in [0.25, 0.3) is 0 Å². The number of nitrogens with zero attached hydrogens (tertiary/aromatic N) is 2. The maximum Gasteiger partial charge on any atom is 0.232 e. The van der Waals surface area contributed by atoms with Gasteiger partial charge in [0.2, 0.25) is 11.2 Å². The molecule has 1 aliphatic rings. The van der Waals surface area contributed by atoms with E-state index in [0.717, 1.165) is 17.3 Å². The zero-order valence-corrected chi connectivity index (χ0v) is 12.3. The Hall–Kier alpha value is -0.350. The van der Waals surface area contributed by atoms with E-state index in [1.807, 2.05) is 0 Å². The highest BCUT2D eigenvalue weighted by molar-refractivity contribution is 9.10. The maximum absolute atomic E-state index is 5.93. The lowest BCUT2D eigenvalue weighted by Gasteiger charge is -2.31. The summed E-state index contributed by atoms with van der Waals surface area (Å²) in [5.74, 6) is 1.97. The summed E-state index contributed by atoms with van der Waals surface area (Å²) in [6.07, 6.45) is 5.30. The van der Waals surface area contributed by atoms with Crippen LogP contribution in [-0.4, -0.2) is 16.1 Å². The molecule has 0 bridgehead atoms. The number of ether oxygens (including phenoxy) is 1. The lowest BCUT2D eigenvalue weighted by molar-refractivity contribution is 0.0958. The van der Waals surface area contributed by atoms with Crippen LogP contribution in [0, 0.1) is 11.8 Å². The van der Waals surface area contributed by atoms with Crippen molar-refractivity contribution in [2.75, 3.05) is 0 Å². The molecule has 2 rings (SSSR count). The molecule has 1 heterocycles. The molecule has 0 spiro atoms. The molecule has 3 nitrogen and oxygen atoms in total. The molecule has 0 aliphatic heterocycles. The summed E-state index contributed by atoms with van der Waals surface area (Å²) in [7, 11) is 0. The molecule has 0 aromatic carbocycles. The maximum atomic E-state index is 5.93. The molecule has 94 valence electrons. The quantitative estimate of drug-likeness (QED) is 0.770. The molecule has 1 aromatic heterocycles. The molecule has 1 aromatic rings. The fraction of sp³-hybridized carbons (Fsp3) is 0.667. The lowest BCUT2D eigenvalue weighted by atomic mass is 9.82.